The van der Waals surface area contributed by atoms with Crippen molar-refractivity contribution in [3.05, 3.63) is 53.6 Å². The monoisotopic (exact) mass is 354 g/mol. The Morgan fingerprint density at radius 1 is 0.800 bits per heavy atom. The standard InChI is InChI=1S/C16H16BrClO2/c17-9-10-19-11-12-20-16-7-3-14(4-8-16)13-1-5-15(18)6-2-13/h1-8H,9-12H2. The first-order valence-corrected chi connectivity index (χ1v) is 7.92. The minimum Gasteiger partial charge on any atom is -0.491 e. The van der Waals surface area contributed by atoms with Crippen molar-refractivity contribution in [3.63, 3.8) is 0 Å². The summed E-state index contributed by atoms with van der Waals surface area (Å²) < 4.78 is 10.9. The minimum absolute atomic E-state index is 0.563. The highest BCUT2D eigenvalue weighted by Crippen LogP contribution is 2.23. The molecule has 0 aromatic heterocycles. The Morgan fingerprint density at radius 3 is 2.00 bits per heavy atom. The van der Waals surface area contributed by atoms with E-state index < -0.39 is 0 Å². The molecule has 106 valence electrons. The minimum atomic E-state index is 0.563. The quantitative estimate of drug-likeness (QED) is 0.525. The molecule has 0 spiro atoms. The van der Waals surface area contributed by atoms with Crippen LogP contribution in [0.2, 0.25) is 5.02 Å². The molecule has 0 atom stereocenters. The molecular weight excluding hydrogens is 340 g/mol. The SMILES string of the molecule is Clc1ccc(-c2ccc(OCCOCCBr)cc2)cc1. The van der Waals surface area contributed by atoms with Gasteiger partial charge in [0.25, 0.3) is 0 Å². The van der Waals surface area contributed by atoms with Crippen LogP contribution in [0.1, 0.15) is 0 Å². The summed E-state index contributed by atoms with van der Waals surface area (Å²) in [6.45, 7) is 1.87. The van der Waals surface area contributed by atoms with Crippen LogP contribution in [-0.4, -0.2) is 25.2 Å². The van der Waals surface area contributed by atoms with E-state index in [1.807, 2.05) is 48.5 Å². The molecule has 0 radical (unpaired) electrons. The van der Waals surface area contributed by atoms with Crippen molar-refractivity contribution in [3.8, 4) is 16.9 Å². The lowest BCUT2D eigenvalue weighted by Gasteiger charge is -2.08. The second-order valence-corrected chi connectivity index (χ2v) is 5.41. The van der Waals surface area contributed by atoms with Crippen LogP contribution in [0.5, 0.6) is 5.75 Å². The highest BCUT2D eigenvalue weighted by Gasteiger charge is 1.99. The fourth-order valence-corrected chi connectivity index (χ4v) is 2.12. The van der Waals surface area contributed by atoms with Gasteiger partial charge in [0.15, 0.2) is 0 Å². The molecule has 0 saturated heterocycles. The first-order valence-electron chi connectivity index (χ1n) is 6.42. The van der Waals surface area contributed by atoms with Gasteiger partial charge in [0.1, 0.15) is 12.4 Å². The van der Waals surface area contributed by atoms with Gasteiger partial charge < -0.3 is 9.47 Å². The number of halogens is 2. The van der Waals surface area contributed by atoms with Gasteiger partial charge in [-0.1, -0.05) is 51.8 Å². The maximum atomic E-state index is 5.88. The van der Waals surface area contributed by atoms with Crippen molar-refractivity contribution in [1.29, 1.82) is 0 Å². The lowest BCUT2D eigenvalue weighted by molar-refractivity contribution is 0.112. The summed E-state index contributed by atoms with van der Waals surface area (Å²) >= 11 is 9.19. The molecule has 0 aliphatic heterocycles. The van der Waals surface area contributed by atoms with Gasteiger partial charge in [-0.25, -0.2) is 0 Å². The van der Waals surface area contributed by atoms with Crippen molar-refractivity contribution in [2.24, 2.45) is 0 Å². The van der Waals surface area contributed by atoms with Crippen molar-refractivity contribution < 1.29 is 9.47 Å². The topological polar surface area (TPSA) is 18.5 Å². The smallest absolute Gasteiger partial charge is 0.119 e. The molecule has 2 rings (SSSR count). The molecule has 4 heteroatoms. The Balaban J connectivity index is 1.88. The van der Waals surface area contributed by atoms with E-state index in [1.54, 1.807) is 0 Å². The van der Waals surface area contributed by atoms with Crippen LogP contribution >= 0.6 is 27.5 Å². The number of benzene rings is 2. The molecule has 2 nitrogen and oxygen atoms in total. The Bertz CT molecular complexity index is 511. The number of alkyl halides is 1. The fraction of sp³-hybridized carbons (Fsp3) is 0.250. The highest BCUT2D eigenvalue weighted by molar-refractivity contribution is 9.09. The lowest BCUT2D eigenvalue weighted by Crippen LogP contribution is -2.07. The molecule has 0 bridgehead atoms. The van der Waals surface area contributed by atoms with Gasteiger partial charge >= 0.3 is 0 Å². The first-order chi connectivity index (χ1) is 9.79. The zero-order valence-corrected chi connectivity index (χ0v) is 13.4. The summed E-state index contributed by atoms with van der Waals surface area (Å²) in [5, 5.41) is 1.60. The summed E-state index contributed by atoms with van der Waals surface area (Å²) in [4.78, 5) is 0. The predicted molar refractivity (Wildman–Crippen MR) is 87.0 cm³/mol. The molecular formula is C16H16BrClO2. The van der Waals surface area contributed by atoms with Crippen molar-refractivity contribution in [1.82, 2.24) is 0 Å². The largest absolute Gasteiger partial charge is 0.491 e. The third-order valence-electron chi connectivity index (χ3n) is 2.75. The number of rotatable bonds is 7. The average Bonchev–Trinajstić information content (AvgIpc) is 2.49. The van der Waals surface area contributed by atoms with Crippen molar-refractivity contribution in [2.45, 2.75) is 0 Å². The highest BCUT2D eigenvalue weighted by atomic mass is 79.9. The van der Waals surface area contributed by atoms with E-state index in [-0.39, 0.29) is 0 Å². The van der Waals surface area contributed by atoms with Gasteiger partial charge in [-0.05, 0) is 35.4 Å². The van der Waals surface area contributed by atoms with E-state index >= 15 is 0 Å². The van der Waals surface area contributed by atoms with E-state index in [0.717, 1.165) is 27.2 Å². The molecule has 0 N–H and O–H groups in total. The normalized spacial score (nSPS) is 10.5. The molecule has 0 unspecified atom stereocenters. The Labute approximate surface area is 132 Å². The van der Waals surface area contributed by atoms with Gasteiger partial charge in [0, 0.05) is 10.4 Å². The molecule has 20 heavy (non-hydrogen) atoms. The predicted octanol–water partition coefficient (Wildman–Crippen LogP) is 4.80. The molecule has 0 fully saturated rings. The van der Waals surface area contributed by atoms with Crippen LogP contribution < -0.4 is 4.74 Å². The van der Waals surface area contributed by atoms with Gasteiger partial charge in [-0.3, -0.25) is 0 Å². The molecule has 0 amide bonds. The third-order valence-corrected chi connectivity index (χ3v) is 3.33. The zero-order valence-electron chi connectivity index (χ0n) is 11.0. The Hall–Kier alpha value is -1.03. The molecule has 0 heterocycles. The molecule has 2 aromatic carbocycles. The molecule has 0 aliphatic carbocycles. The summed E-state index contributed by atoms with van der Waals surface area (Å²) in [7, 11) is 0. The first kappa shape index (κ1) is 15.4. The van der Waals surface area contributed by atoms with Gasteiger partial charge in [-0.2, -0.15) is 0 Å². The van der Waals surface area contributed by atoms with E-state index in [0.29, 0.717) is 19.8 Å². The van der Waals surface area contributed by atoms with Crippen molar-refractivity contribution >= 4 is 27.5 Å². The molecule has 2 aromatic rings. The molecule has 0 saturated carbocycles. The Morgan fingerprint density at radius 2 is 1.40 bits per heavy atom. The van der Waals surface area contributed by atoms with Gasteiger partial charge in [0.05, 0.1) is 13.2 Å². The fourth-order valence-electron chi connectivity index (χ4n) is 1.76. The number of ether oxygens (including phenoxy) is 2. The van der Waals surface area contributed by atoms with Crippen LogP contribution in [0.25, 0.3) is 11.1 Å². The van der Waals surface area contributed by atoms with Crippen LogP contribution in [0.4, 0.5) is 0 Å². The van der Waals surface area contributed by atoms with E-state index in [2.05, 4.69) is 15.9 Å². The van der Waals surface area contributed by atoms with Crippen LogP contribution in [0.3, 0.4) is 0 Å². The summed E-state index contributed by atoms with van der Waals surface area (Å²) in [6.07, 6.45) is 0. The van der Waals surface area contributed by atoms with E-state index in [9.17, 15) is 0 Å². The molecule has 0 aliphatic rings. The van der Waals surface area contributed by atoms with Crippen molar-refractivity contribution in [2.75, 3.05) is 25.2 Å². The van der Waals surface area contributed by atoms with Crippen LogP contribution in [-0.2, 0) is 4.74 Å². The van der Waals surface area contributed by atoms with Gasteiger partial charge in [-0.15, -0.1) is 0 Å². The maximum Gasteiger partial charge on any atom is 0.119 e. The van der Waals surface area contributed by atoms with Crippen LogP contribution in [0, 0.1) is 0 Å². The summed E-state index contributed by atoms with van der Waals surface area (Å²) in [6, 6.07) is 15.8. The van der Waals surface area contributed by atoms with Gasteiger partial charge in [0.2, 0.25) is 0 Å². The zero-order chi connectivity index (χ0) is 14.2. The van der Waals surface area contributed by atoms with E-state index in [4.69, 9.17) is 21.1 Å². The maximum absolute atomic E-state index is 5.88. The second kappa shape index (κ2) is 8.30. The number of hydrogen-bond donors (Lipinski definition) is 0. The third kappa shape index (κ3) is 4.82. The van der Waals surface area contributed by atoms with E-state index in [1.165, 1.54) is 0 Å². The number of hydrogen-bond acceptors (Lipinski definition) is 2. The summed E-state index contributed by atoms with van der Waals surface area (Å²) in [5.41, 5.74) is 2.28. The summed E-state index contributed by atoms with van der Waals surface area (Å²) in [5.74, 6) is 0.852. The Kier molecular flexibility index (Phi) is 6.37. The second-order valence-electron chi connectivity index (χ2n) is 4.18. The average molecular weight is 356 g/mol. The van der Waals surface area contributed by atoms with Crippen LogP contribution in [0.15, 0.2) is 48.5 Å². The lowest BCUT2D eigenvalue weighted by atomic mass is 10.1.